The van der Waals surface area contributed by atoms with Crippen LogP contribution in [0.2, 0.25) is 5.02 Å². The zero-order valence-electron chi connectivity index (χ0n) is 13.1. The number of rotatable bonds is 2. The number of aromatic amines is 1. The van der Waals surface area contributed by atoms with Crippen LogP contribution in [0.25, 0.3) is 27.7 Å². The molecule has 5 nitrogen and oxygen atoms in total. The van der Waals surface area contributed by atoms with Crippen LogP contribution in [0.1, 0.15) is 5.56 Å². The second-order valence-electron chi connectivity index (χ2n) is 5.63. The lowest BCUT2D eigenvalue weighted by Gasteiger charge is -2.13. The van der Waals surface area contributed by atoms with Gasteiger partial charge in [-0.3, -0.25) is 0 Å². The molecule has 0 aliphatic rings. The van der Waals surface area contributed by atoms with Crippen molar-refractivity contribution in [2.45, 2.75) is 6.92 Å². The third-order valence-electron chi connectivity index (χ3n) is 4.18. The molecule has 1 N–H and O–H groups in total. The number of pyridine rings is 1. The Hall–Kier alpha value is -2.79. The highest BCUT2D eigenvalue weighted by molar-refractivity contribution is 6.30. The monoisotopic (exact) mass is 339 g/mol. The number of aryl methyl sites for hydroxylation is 1. The third-order valence-corrected chi connectivity index (χ3v) is 4.43. The summed E-state index contributed by atoms with van der Waals surface area (Å²) < 4.78 is 7.14. The van der Waals surface area contributed by atoms with Gasteiger partial charge in [-0.1, -0.05) is 23.7 Å². The maximum absolute atomic E-state index is 12.1. The predicted octanol–water partition coefficient (Wildman–Crippen LogP) is 3.81. The smallest absolute Gasteiger partial charge is 0.348 e. The van der Waals surface area contributed by atoms with Crippen molar-refractivity contribution in [1.82, 2.24) is 14.6 Å². The normalized spacial score (nSPS) is 11.3. The zero-order chi connectivity index (χ0) is 16.8. The van der Waals surface area contributed by atoms with Crippen LogP contribution in [0.15, 0.2) is 47.3 Å². The Balaban J connectivity index is 2.13. The number of halogens is 1. The highest BCUT2D eigenvalue weighted by Crippen LogP contribution is 2.35. The molecule has 120 valence electrons. The standard InChI is InChI=1S/C18H14ClN3O2/c1-10-7-17-20-21-18(23)22(17)15-8-14(16(24-2)9-13(10)15)11-3-5-12(19)6-4-11/h3-9H,1-2H3,(H,21,23). The first-order chi connectivity index (χ1) is 11.6. The summed E-state index contributed by atoms with van der Waals surface area (Å²) in [4.78, 5) is 12.1. The molecule has 2 heterocycles. The molecule has 0 saturated heterocycles. The van der Waals surface area contributed by atoms with Gasteiger partial charge in [0, 0.05) is 16.0 Å². The van der Waals surface area contributed by atoms with Gasteiger partial charge in [0.25, 0.3) is 0 Å². The Morgan fingerprint density at radius 2 is 1.92 bits per heavy atom. The summed E-state index contributed by atoms with van der Waals surface area (Å²) in [5.41, 5.74) is 4.00. The van der Waals surface area contributed by atoms with Gasteiger partial charge in [-0.05, 0) is 48.4 Å². The number of nitrogens with zero attached hydrogens (tertiary/aromatic N) is 2. The van der Waals surface area contributed by atoms with Gasteiger partial charge in [-0.15, -0.1) is 0 Å². The first-order valence-corrected chi connectivity index (χ1v) is 7.80. The minimum Gasteiger partial charge on any atom is -0.496 e. The minimum absolute atomic E-state index is 0.262. The number of benzene rings is 2. The van der Waals surface area contributed by atoms with E-state index in [0.717, 1.165) is 33.3 Å². The van der Waals surface area contributed by atoms with Gasteiger partial charge < -0.3 is 4.74 Å². The molecule has 0 atom stereocenters. The second-order valence-corrected chi connectivity index (χ2v) is 6.06. The number of fused-ring (bicyclic) bond motifs is 3. The van der Waals surface area contributed by atoms with Crippen LogP contribution in [0.5, 0.6) is 5.75 Å². The molecule has 24 heavy (non-hydrogen) atoms. The molecule has 0 saturated carbocycles. The van der Waals surface area contributed by atoms with Gasteiger partial charge in [0.15, 0.2) is 5.65 Å². The highest BCUT2D eigenvalue weighted by Gasteiger charge is 2.14. The van der Waals surface area contributed by atoms with Crippen molar-refractivity contribution in [3.63, 3.8) is 0 Å². The van der Waals surface area contributed by atoms with Crippen molar-refractivity contribution >= 4 is 28.2 Å². The van der Waals surface area contributed by atoms with Crippen molar-refractivity contribution in [3.8, 4) is 16.9 Å². The van der Waals surface area contributed by atoms with Crippen molar-refractivity contribution in [1.29, 1.82) is 0 Å². The van der Waals surface area contributed by atoms with Gasteiger partial charge in [0.1, 0.15) is 5.75 Å². The molecule has 0 unspecified atom stereocenters. The van der Waals surface area contributed by atoms with Crippen LogP contribution in [-0.4, -0.2) is 21.7 Å². The Morgan fingerprint density at radius 1 is 1.17 bits per heavy atom. The lowest BCUT2D eigenvalue weighted by molar-refractivity contribution is 0.417. The fourth-order valence-corrected chi connectivity index (χ4v) is 3.13. The van der Waals surface area contributed by atoms with E-state index in [4.69, 9.17) is 16.3 Å². The SMILES string of the molecule is COc1cc2c(C)cc3n[nH]c(=O)n3c2cc1-c1ccc(Cl)cc1. The molecule has 0 aliphatic carbocycles. The molecule has 6 heteroatoms. The quantitative estimate of drug-likeness (QED) is 0.604. The minimum atomic E-state index is -0.262. The van der Waals surface area contributed by atoms with Crippen molar-refractivity contribution in [2.75, 3.05) is 7.11 Å². The lowest BCUT2D eigenvalue weighted by Crippen LogP contribution is -2.10. The van der Waals surface area contributed by atoms with Crippen LogP contribution in [0.4, 0.5) is 0 Å². The third kappa shape index (κ3) is 2.17. The summed E-state index contributed by atoms with van der Waals surface area (Å²) in [5, 5.41) is 8.18. The predicted molar refractivity (Wildman–Crippen MR) is 95.1 cm³/mol. The number of aromatic nitrogens is 3. The lowest BCUT2D eigenvalue weighted by atomic mass is 10.0. The molecular formula is C18H14ClN3O2. The maximum atomic E-state index is 12.1. The van der Waals surface area contributed by atoms with Crippen LogP contribution in [0, 0.1) is 6.92 Å². The van der Waals surface area contributed by atoms with Crippen molar-refractivity contribution < 1.29 is 4.74 Å². The molecule has 0 radical (unpaired) electrons. The van der Waals surface area contributed by atoms with Gasteiger partial charge >= 0.3 is 5.69 Å². The summed E-state index contributed by atoms with van der Waals surface area (Å²) in [6, 6.07) is 13.3. The van der Waals surface area contributed by atoms with E-state index >= 15 is 0 Å². The molecule has 4 aromatic rings. The topological polar surface area (TPSA) is 59.4 Å². The summed E-state index contributed by atoms with van der Waals surface area (Å²) in [6.07, 6.45) is 0. The van der Waals surface area contributed by atoms with E-state index < -0.39 is 0 Å². The molecule has 0 aliphatic heterocycles. The number of ether oxygens (including phenoxy) is 1. The Morgan fingerprint density at radius 3 is 2.62 bits per heavy atom. The van der Waals surface area contributed by atoms with E-state index in [9.17, 15) is 4.79 Å². The molecule has 2 aromatic heterocycles. The molecule has 0 fully saturated rings. The number of methoxy groups -OCH3 is 1. The maximum Gasteiger partial charge on any atom is 0.348 e. The fraction of sp³-hybridized carbons (Fsp3) is 0.111. The summed E-state index contributed by atoms with van der Waals surface area (Å²) in [7, 11) is 1.64. The van der Waals surface area contributed by atoms with E-state index in [2.05, 4.69) is 10.2 Å². The number of hydrogen-bond donors (Lipinski definition) is 1. The van der Waals surface area contributed by atoms with E-state index in [-0.39, 0.29) is 5.69 Å². The van der Waals surface area contributed by atoms with Crippen molar-refractivity contribution in [2.24, 2.45) is 0 Å². The average molecular weight is 340 g/mol. The van der Waals surface area contributed by atoms with E-state index in [1.165, 1.54) is 0 Å². The molecule has 0 bridgehead atoms. The van der Waals surface area contributed by atoms with Crippen molar-refractivity contribution in [3.05, 3.63) is 63.5 Å². The Labute approximate surface area is 142 Å². The number of H-pyrrole nitrogens is 1. The molecular weight excluding hydrogens is 326 g/mol. The van der Waals surface area contributed by atoms with E-state index in [1.54, 1.807) is 11.5 Å². The molecule has 4 rings (SSSR count). The zero-order valence-corrected chi connectivity index (χ0v) is 13.9. The largest absolute Gasteiger partial charge is 0.496 e. The number of hydrogen-bond acceptors (Lipinski definition) is 3. The second kappa shape index (κ2) is 5.39. The van der Waals surface area contributed by atoms with E-state index in [0.29, 0.717) is 10.7 Å². The van der Waals surface area contributed by atoms with Gasteiger partial charge in [0.05, 0.1) is 12.6 Å². The van der Waals surface area contributed by atoms with Crippen LogP contribution in [0.3, 0.4) is 0 Å². The first-order valence-electron chi connectivity index (χ1n) is 7.43. The molecule has 2 aromatic carbocycles. The highest BCUT2D eigenvalue weighted by atomic mass is 35.5. The molecule has 0 spiro atoms. The summed E-state index contributed by atoms with van der Waals surface area (Å²) in [6.45, 7) is 1.99. The fourth-order valence-electron chi connectivity index (χ4n) is 3.00. The Bertz CT molecular complexity index is 1130. The van der Waals surface area contributed by atoms with Crippen LogP contribution in [-0.2, 0) is 0 Å². The first kappa shape index (κ1) is 14.8. The van der Waals surface area contributed by atoms with Gasteiger partial charge in [-0.2, -0.15) is 5.10 Å². The van der Waals surface area contributed by atoms with Crippen LogP contribution >= 0.6 is 11.6 Å². The summed E-state index contributed by atoms with van der Waals surface area (Å²) >= 11 is 5.98. The molecule has 0 amide bonds. The average Bonchev–Trinajstić information content (AvgIpc) is 2.95. The summed E-state index contributed by atoms with van der Waals surface area (Å²) in [5.74, 6) is 0.740. The Kier molecular flexibility index (Phi) is 3.32. The van der Waals surface area contributed by atoms with E-state index in [1.807, 2.05) is 49.4 Å². The van der Waals surface area contributed by atoms with Crippen LogP contribution < -0.4 is 10.4 Å². The van der Waals surface area contributed by atoms with Gasteiger partial charge in [-0.25, -0.2) is 14.3 Å². The number of nitrogens with one attached hydrogen (secondary N) is 1. The van der Waals surface area contributed by atoms with Gasteiger partial charge in [0.2, 0.25) is 0 Å².